The highest BCUT2D eigenvalue weighted by Crippen LogP contribution is 2.35. The molecule has 0 atom stereocenters. The first kappa shape index (κ1) is 24.7. The number of H-pyrrole nitrogens is 1. The predicted molar refractivity (Wildman–Crippen MR) is 137 cm³/mol. The van der Waals surface area contributed by atoms with E-state index in [0.29, 0.717) is 46.8 Å². The van der Waals surface area contributed by atoms with Crippen LogP contribution in [0.5, 0.6) is 0 Å². The van der Waals surface area contributed by atoms with E-state index in [2.05, 4.69) is 20.6 Å². The van der Waals surface area contributed by atoms with E-state index >= 15 is 0 Å². The summed E-state index contributed by atoms with van der Waals surface area (Å²) in [6.45, 7) is 0. The summed E-state index contributed by atoms with van der Waals surface area (Å²) in [6.07, 6.45) is 0.303. The lowest BCUT2D eigenvalue weighted by molar-refractivity contribution is -0.140. The summed E-state index contributed by atoms with van der Waals surface area (Å²) in [6, 6.07) is 11.2. The summed E-state index contributed by atoms with van der Waals surface area (Å²) in [5.41, 5.74) is 1.37. The molecular formula is C26H23Cl2F3N4O. The molecule has 0 saturated heterocycles. The lowest BCUT2D eigenvalue weighted by Crippen LogP contribution is -2.40. The highest BCUT2D eigenvalue weighted by molar-refractivity contribution is 6.35. The van der Waals surface area contributed by atoms with E-state index in [9.17, 15) is 18.0 Å². The molecule has 2 heterocycles. The highest BCUT2D eigenvalue weighted by Gasteiger charge is 2.34. The molecule has 2 aromatic carbocycles. The molecule has 0 spiro atoms. The van der Waals surface area contributed by atoms with Crippen LogP contribution in [0.3, 0.4) is 0 Å². The third-order valence-corrected chi connectivity index (χ3v) is 7.15. The summed E-state index contributed by atoms with van der Waals surface area (Å²) in [5.74, 6) is -0.0863. The number of aromatic nitrogens is 2. The van der Waals surface area contributed by atoms with Crippen LogP contribution in [-0.4, -0.2) is 28.0 Å². The second-order valence-electron chi connectivity index (χ2n) is 9.13. The number of rotatable bonds is 5. The number of benzene rings is 2. The quantitative estimate of drug-likeness (QED) is 0.255. The molecule has 2 aromatic heterocycles. The lowest BCUT2D eigenvalue weighted by atomic mass is 9.90. The molecule has 0 bridgehead atoms. The molecule has 3 N–H and O–H groups in total. The second-order valence-corrected chi connectivity index (χ2v) is 9.97. The first-order chi connectivity index (χ1) is 17.2. The summed E-state index contributed by atoms with van der Waals surface area (Å²) < 4.78 is 40.2. The summed E-state index contributed by atoms with van der Waals surface area (Å²) in [4.78, 5) is 19.6. The van der Waals surface area contributed by atoms with Crippen molar-refractivity contribution < 1.29 is 18.0 Å². The van der Waals surface area contributed by atoms with E-state index in [1.54, 1.807) is 18.3 Å². The zero-order valence-corrected chi connectivity index (χ0v) is 20.6. The summed E-state index contributed by atoms with van der Waals surface area (Å²) >= 11 is 12.4. The molecule has 0 aliphatic heterocycles. The van der Waals surface area contributed by atoms with Gasteiger partial charge in [-0.05, 0) is 67.6 Å². The Kier molecular flexibility index (Phi) is 6.74. The minimum atomic E-state index is -4.55. The molecule has 1 saturated carbocycles. The Labute approximate surface area is 215 Å². The van der Waals surface area contributed by atoms with Gasteiger partial charge in [0.15, 0.2) is 0 Å². The van der Waals surface area contributed by atoms with Crippen molar-refractivity contribution in [3.8, 4) is 0 Å². The summed E-state index contributed by atoms with van der Waals surface area (Å²) in [5, 5.41) is 8.78. The number of fused-ring (bicyclic) bond motifs is 2. The van der Waals surface area contributed by atoms with Crippen LogP contribution in [0.1, 0.15) is 36.9 Å². The third kappa shape index (κ3) is 5.25. The van der Waals surface area contributed by atoms with E-state index in [0.717, 1.165) is 22.5 Å². The van der Waals surface area contributed by atoms with Gasteiger partial charge in [-0.25, -0.2) is 4.98 Å². The van der Waals surface area contributed by atoms with Crippen LogP contribution < -0.4 is 10.6 Å². The van der Waals surface area contributed by atoms with Gasteiger partial charge in [-0.2, -0.15) is 13.2 Å². The Bertz CT molecular complexity index is 1430. The SMILES string of the molecule is O=C(Cc1c[nH]c2cccc(Cl)c12)NC1CCC(Nc2cc(C(F)(F)F)nc3ccc(Cl)cc23)CC1. The molecule has 36 heavy (non-hydrogen) atoms. The monoisotopic (exact) mass is 534 g/mol. The van der Waals surface area contributed by atoms with Crippen molar-refractivity contribution in [2.24, 2.45) is 0 Å². The second kappa shape index (κ2) is 9.82. The van der Waals surface area contributed by atoms with E-state index in [1.807, 2.05) is 12.1 Å². The number of carbonyl (C=O) groups excluding carboxylic acids is 1. The van der Waals surface area contributed by atoms with E-state index < -0.39 is 11.9 Å². The van der Waals surface area contributed by atoms with E-state index in [-0.39, 0.29) is 29.9 Å². The molecule has 5 rings (SSSR count). The number of anilines is 1. The van der Waals surface area contributed by atoms with E-state index in [4.69, 9.17) is 23.2 Å². The van der Waals surface area contributed by atoms with Gasteiger partial charge in [0.05, 0.1) is 17.0 Å². The molecule has 1 fully saturated rings. The van der Waals surface area contributed by atoms with E-state index in [1.165, 1.54) is 12.1 Å². The van der Waals surface area contributed by atoms with Crippen molar-refractivity contribution >= 4 is 56.6 Å². The Morgan fingerprint density at radius 2 is 1.81 bits per heavy atom. The van der Waals surface area contributed by atoms with Crippen LogP contribution in [0.2, 0.25) is 10.0 Å². The van der Waals surface area contributed by atoms with Crippen LogP contribution in [-0.2, 0) is 17.4 Å². The summed E-state index contributed by atoms with van der Waals surface area (Å²) in [7, 11) is 0. The van der Waals surface area contributed by atoms with Gasteiger partial charge in [-0.3, -0.25) is 4.79 Å². The molecule has 4 aromatic rings. The van der Waals surface area contributed by atoms with Crippen molar-refractivity contribution in [3.05, 3.63) is 70.0 Å². The molecule has 5 nitrogen and oxygen atoms in total. The van der Waals surface area contributed by atoms with Gasteiger partial charge in [0, 0.05) is 45.3 Å². The number of hydrogen-bond donors (Lipinski definition) is 3. The van der Waals surface area contributed by atoms with Crippen molar-refractivity contribution in [2.75, 3.05) is 5.32 Å². The Balaban J connectivity index is 1.23. The van der Waals surface area contributed by atoms with Crippen molar-refractivity contribution in [1.82, 2.24) is 15.3 Å². The first-order valence-corrected chi connectivity index (χ1v) is 12.4. The fraction of sp³-hybridized carbons (Fsp3) is 0.308. The Hall–Kier alpha value is -2.97. The minimum Gasteiger partial charge on any atom is -0.382 e. The molecule has 188 valence electrons. The maximum Gasteiger partial charge on any atom is 0.433 e. The zero-order valence-electron chi connectivity index (χ0n) is 19.1. The fourth-order valence-electron chi connectivity index (χ4n) is 4.86. The number of hydrogen-bond acceptors (Lipinski definition) is 3. The van der Waals surface area contributed by atoms with Crippen LogP contribution in [0.25, 0.3) is 21.8 Å². The number of nitrogens with one attached hydrogen (secondary N) is 3. The number of carbonyl (C=O) groups is 1. The van der Waals surface area contributed by atoms with Gasteiger partial charge in [0.25, 0.3) is 0 Å². The van der Waals surface area contributed by atoms with Crippen LogP contribution in [0.4, 0.5) is 18.9 Å². The third-order valence-electron chi connectivity index (χ3n) is 6.60. The molecule has 1 amide bonds. The number of aromatic amines is 1. The molecular weight excluding hydrogens is 512 g/mol. The fourth-order valence-corrected chi connectivity index (χ4v) is 5.33. The van der Waals surface area contributed by atoms with Gasteiger partial charge in [0.2, 0.25) is 5.91 Å². The lowest BCUT2D eigenvalue weighted by Gasteiger charge is -2.30. The van der Waals surface area contributed by atoms with Crippen LogP contribution in [0.15, 0.2) is 48.7 Å². The van der Waals surface area contributed by atoms with Crippen molar-refractivity contribution in [3.63, 3.8) is 0 Å². The smallest absolute Gasteiger partial charge is 0.382 e. The van der Waals surface area contributed by atoms with Gasteiger partial charge < -0.3 is 15.6 Å². The largest absolute Gasteiger partial charge is 0.433 e. The maximum atomic E-state index is 13.4. The predicted octanol–water partition coefficient (Wildman–Crippen LogP) is 7.12. The number of nitrogens with zero attached hydrogens (tertiary/aromatic N) is 1. The first-order valence-electron chi connectivity index (χ1n) is 11.7. The number of alkyl halides is 3. The topological polar surface area (TPSA) is 69.8 Å². The minimum absolute atomic E-state index is 0.00518. The number of pyridine rings is 1. The zero-order chi connectivity index (χ0) is 25.4. The molecule has 1 aliphatic carbocycles. The average Bonchev–Trinajstić information content (AvgIpc) is 3.23. The van der Waals surface area contributed by atoms with Gasteiger partial charge in [-0.1, -0.05) is 29.3 Å². The Morgan fingerprint density at radius 3 is 2.56 bits per heavy atom. The van der Waals surface area contributed by atoms with Crippen LogP contribution in [0, 0.1) is 0 Å². The molecule has 0 radical (unpaired) electrons. The van der Waals surface area contributed by atoms with Crippen LogP contribution >= 0.6 is 23.2 Å². The number of halogens is 5. The highest BCUT2D eigenvalue weighted by atomic mass is 35.5. The molecule has 10 heteroatoms. The standard InChI is InChI=1S/C26H23Cl2F3N4O/c27-15-4-9-20-18(11-15)22(12-23(35-20)26(29,30)31)33-16-5-7-17(8-6-16)34-24(36)10-14-13-32-21-3-1-2-19(28)25(14)21/h1-4,9,11-13,16-17,32H,5-8,10H2,(H,33,35)(H,34,36). The van der Waals surface area contributed by atoms with Gasteiger partial charge >= 0.3 is 6.18 Å². The maximum absolute atomic E-state index is 13.4. The van der Waals surface area contributed by atoms with Gasteiger partial charge in [-0.15, -0.1) is 0 Å². The molecule has 0 unspecified atom stereocenters. The van der Waals surface area contributed by atoms with Gasteiger partial charge in [0.1, 0.15) is 5.69 Å². The average molecular weight is 535 g/mol. The number of amides is 1. The van der Waals surface area contributed by atoms with Crippen molar-refractivity contribution in [1.29, 1.82) is 0 Å². The molecule has 1 aliphatic rings. The van der Waals surface area contributed by atoms with Crippen molar-refractivity contribution in [2.45, 2.75) is 50.4 Å². The Morgan fingerprint density at radius 1 is 1.06 bits per heavy atom. The normalized spacial score (nSPS) is 18.5.